The number of aromatic hydroxyl groups is 1. The molecule has 2 nitrogen and oxygen atoms in total. The van der Waals surface area contributed by atoms with Crippen molar-refractivity contribution in [3.05, 3.63) is 52.2 Å². The van der Waals surface area contributed by atoms with Crippen LogP contribution in [0.25, 0.3) is 0 Å². The molecule has 1 aromatic heterocycles. The first kappa shape index (κ1) is 9.93. The highest BCUT2D eigenvalue weighted by Gasteiger charge is 1.94. The number of aliphatic imine (C=N–C) groups is 1. The van der Waals surface area contributed by atoms with Crippen molar-refractivity contribution in [3.8, 4) is 5.75 Å². The van der Waals surface area contributed by atoms with Crippen LogP contribution in [0.15, 0.2) is 46.8 Å². The standard InChI is InChI=1S/C12H11NOS/c14-12-6-2-1-4-10(12)8-13-9-11-5-3-7-15-11/h1-8,14H,9H2. The number of phenolic OH excluding ortho intramolecular Hbond substituents is 1. The Kier molecular flexibility index (Phi) is 3.15. The van der Waals surface area contributed by atoms with E-state index >= 15 is 0 Å². The number of rotatable bonds is 3. The first-order valence-electron chi connectivity index (χ1n) is 4.66. The Balaban J connectivity index is 2.03. The number of para-hydroxylation sites is 1. The summed E-state index contributed by atoms with van der Waals surface area (Å²) in [5, 5.41) is 11.5. The molecular weight excluding hydrogens is 206 g/mol. The van der Waals surface area contributed by atoms with Gasteiger partial charge in [0.05, 0.1) is 6.54 Å². The van der Waals surface area contributed by atoms with Gasteiger partial charge in [0.15, 0.2) is 0 Å². The fourth-order valence-electron chi connectivity index (χ4n) is 1.23. The van der Waals surface area contributed by atoms with E-state index in [0.717, 1.165) is 5.56 Å². The SMILES string of the molecule is Oc1ccccc1C=NCc1cccs1. The smallest absolute Gasteiger partial charge is 0.124 e. The molecule has 2 aromatic rings. The molecule has 0 saturated heterocycles. The van der Waals surface area contributed by atoms with Crippen LogP contribution in [0, 0.1) is 0 Å². The summed E-state index contributed by atoms with van der Waals surface area (Å²) in [4.78, 5) is 5.49. The van der Waals surface area contributed by atoms with Crippen LogP contribution >= 0.6 is 11.3 Å². The molecule has 0 fully saturated rings. The molecular formula is C12H11NOS. The van der Waals surface area contributed by atoms with Gasteiger partial charge in [0, 0.05) is 16.7 Å². The molecule has 3 heteroatoms. The number of benzene rings is 1. The third-order valence-corrected chi connectivity index (χ3v) is 2.86. The van der Waals surface area contributed by atoms with Crippen LogP contribution < -0.4 is 0 Å². The lowest BCUT2D eigenvalue weighted by Crippen LogP contribution is -1.82. The van der Waals surface area contributed by atoms with E-state index < -0.39 is 0 Å². The second-order valence-corrected chi connectivity index (χ2v) is 4.14. The number of hydrogen-bond acceptors (Lipinski definition) is 3. The third kappa shape index (κ3) is 2.67. The highest BCUT2D eigenvalue weighted by molar-refractivity contribution is 7.09. The van der Waals surface area contributed by atoms with Crippen molar-refractivity contribution in [1.29, 1.82) is 0 Å². The van der Waals surface area contributed by atoms with Gasteiger partial charge >= 0.3 is 0 Å². The molecule has 15 heavy (non-hydrogen) atoms. The molecule has 1 N–H and O–H groups in total. The molecule has 0 saturated carbocycles. The van der Waals surface area contributed by atoms with Gasteiger partial charge in [-0.05, 0) is 23.6 Å². The second kappa shape index (κ2) is 4.75. The van der Waals surface area contributed by atoms with Crippen molar-refractivity contribution in [2.75, 3.05) is 0 Å². The average Bonchev–Trinajstić information content (AvgIpc) is 2.74. The van der Waals surface area contributed by atoms with Crippen LogP contribution in [0.5, 0.6) is 5.75 Å². The fraction of sp³-hybridized carbons (Fsp3) is 0.0833. The summed E-state index contributed by atoms with van der Waals surface area (Å²) in [6, 6.07) is 11.2. The molecule has 0 unspecified atom stereocenters. The maximum absolute atomic E-state index is 9.48. The summed E-state index contributed by atoms with van der Waals surface area (Å²) in [5.41, 5.74) is 0.758. The van der Waals surface area contributed by atoms with E-state index in [0.29, 0.717) is 6.54 Å². The minimum Gasteiger partial charge on any atom is -0.507 e. The molecule has 1 aromatic carbocycles. The van der Waals surface area contributed by atoms with Gasteiger partial charge in [-0.3, -0.25) is 4.99 Å². The number of hydrogen-bond donors (Lipinski definition) is 1. The maximum Gasteiger partial charge on any atom is 0.124 e. The minimum absolute atomic E-state index is 0.271. The number of nitrogens with zero attached hydrogens (tertiary/aromatic N) is 1. The largest absolute Gasteiger partial charge is 0.507 e. The van der Waals surface area contributed by atoms with E-state index in [1.807, 2.05) is 29.6 Å². The van der Waals surface area contributed by atoms with E-state index in [-0.39, 0.29) is 5.75 Å². The van der Waals surface area contributed by atoms with Gasteiger partial charge in [-0.2, -0.15) is 0 Å². The zero-order chi connectivity index (χ0) is 10.5. The van der Waals surface area contributed by atoms with Gasteiger partial charge < -0.3 is 5.11 Å². The summed E-state index contributed by atoms with van der Waals surface area (Å²) in [5.74, 6) is 0.271. The van der Waals surface area contributed by atoms with Crippen LogP contribution in [-0.4, -0.2) is 11.3 Å². The Bertz CT molecular complexity index is 448. The summed E-state index contributed by atoms with van der Waals surface area (Å²) in [6.45, 7) is 0.673. The normalized spacial score (nSPS) is 10.9. The van der Waals surface area contributed by atoms with Crippen molar-refractivity contribution in [1.82, 2.24) is 0 Å². The summed E-state index contributed by atoms with van der Waals surface area (Å²) >= 11 is 1.69. The van der Waals surface area contributed by atoms with Crippen LogP contribution in [-0.2, 0) is 6.54 Å². The Labute approximate surface area is 92.5 Å². The molecule has 0 aliphatic rings. The monoisotopic (exact) mass is 217 g/mol. The Morgan fingerprint density at radius 1 is 1.20 bits per heavy atom. The highest BCUT2D eigenvalue weighted by atomic mass is 32.1. The maximum atomic E-state index is 9.48. The zero-order valence-corrected chi connectivity index (χ0v) is 8.95. The lowest BCUT2D eigenvalue weighted by Gasteiger charge is -1.96. The minimum atomic E-state index is 0.271. The van der Waals surface area contributed by atoms with E-state index in [9.17, 15) is 5.11 Å². The fourth-order valence-corrected chi connectivity index (χ4v) is 1.87. The van der Waals surface area contributed by atoms with Gasteiger partial charge in [0.25, 0.3) is 0 Å². The predicted molar refractivity (Wildman–Crippen MR) is 63.7 cm³/mol. The quantitative estimate of drug-likeness (QED) is 0.787. The van der Waals surface area contributed by atoms with Crippen molar-refractivity contribution in [3.63, 3.8) is 0 Å². The van der Waals surface area contributed by atoms with E-state index in [4.69, 9.17) is 0 Å². The van der Waals surface area contributed by atoms with Crippen LogP contribution in [0.4, 0.5) is 0 Å². The lowest BCUT2D eigenvalue weighted by molar-refractivity contribution is 0.474. The van der Waals surface area contributed by atoms with E-state index in [1.165, 1.54) is 4.88 Å². The van der Waals surface area contributed by atoms with E-state index in [2.05, 4.69) is 4.99 Å². The Morgan fingerprint density at radius 2 is 2.07 bits per heavy atom. The molecule has 76 valence electrons. The molecule has 2 rings (SSSR count). The van der Waals surface area contributed by atoms with Crippen LogP contribution in [0.1, 0.15) is 10.4 Å². The molecule has 0 amide bonds. The average molecular weight is 217 g/mol. The number of phenols is 1. The van der Waals surface area contributed by atoms with Gasteiger partial charge in [-0.15, -0.1) is 11.3 Å². The van der Waals surface area contributed by atoms with Crippen molar-refractivity contribution < 1.29 is 5.11 Å². The van der Waals surface area contributed by atoms with Gasteiger partial charge in [-0.1, -0.05) is 18.2 Å². The topological polar surface area (TPSA) is 32.6 Å². The van der Waals surface area contributed by atoms with Crippen molar-refractivity contribution >= 4 is 17.6 Å². The van der Waals surface area contributed by atoms with Gasteiger partial charge in [0.2, 0.25) is 0 Å². The van der Waals surface area contributed by atoms with Gasteiger partial charge in [0.1, 0.15) is 5.75 Å². The Hall–Kier alpha value is -1.61. The second-order valence-electron chi connectivity index (χ2n) is 3.11. The first-order valence-corrected chi connectivity index (χ1v) is 5.54. The third-order valence-electron chi connectivity index (χ3n) is 1.99. The molecule has 0 radical (unpaired) electrons. The van der Waals surface area contributed by atoms with E-state index in [1.54, 1.807) is 29.7 Å². The molecule has 0 aliphatic carbocycles. The van der Waals surface area contributed by atoms with Gasteiger partial charge in [-0.25, -0.2) is 0 Å². The zero-order valence-electron chi connectivity index (χ0n) is 8.13. The number of thiophene rings is 1. The Morgan fingerprint density at radius 3 is 2.80 bits per heavy atom. The summed E-state index contributed by atoms with van der Waals surface area (Å²) in [6.07, 6.45) is 1.70. The summed E-state index contributed by atoms with van der Waals surface area (Å²) < 4.78 is 0. The molecule has 0 spiro atoms. The highest BCUT2D eigenvalue weighted by Crippen LogP contribution is 2.14. The first-order chi connectivity index (χ1) is 7.36. The molecule has 0 bridgehead atoms. The van der Waals surface area contributed by atoms with Crippen LogP contribution in [0.3, 0.4) is 0 Å². The van der Waals surface area contributed by atoms with Crippen LogP contribution in [0.2, 0.25) is 0 Å². The molecule has 1 heterocycles. The molecule has 0 aliphatic heterocycles. The summed E-state index contributed by atoms with van der Waals surface area (Å²) in [7, 11) is 0. The van der Waals surface area contributed by atoms with Crippen molar-refractivity contribution in [2.45, 2.75) is 6.54 Å². The predicted octanol–water partition coefficient (Wildman–Crippen LogP) is 3.07. The van der Waals surface area contributed by atoms with Crippen molar-refractivity contribution in [2.24, 2.45) is 4.99 Å². The lowest BCUT2D eigenvalue weighted by atomic mass is 10.2. The molecule has 0 atom stereocenters.